The number of anilines is 1. The number of nitrogens with one attached hydrogen (secondary N) is 1. The van der Waals surface area contributed by atoms with E-state index < -0.39 is 0 Å². The van der Waals surface area contributed by atoms with Crippen molar-refractivity contribution in [2.45, 2.75) is 13.5 Å². The highest BCUT2D eigenvalue weighted by atomic mass is 127. The molecule has 3 aromatic rings. The average molecular weight is 433 g/mol. The predicted octanol–water partition coefficient (Wildman–Crippen LogP) is 3.73. The predicted molar refractivity (Wildman–Crippen MR) is 109 cm³/mol. The Balaban J connectivity index is 0.00000208. The second kappa shape index (κ2) is 8.49. The lowest BCUT2D eigenvalue weighted by atomic mass is 10.2. The fourth-order valence-electron chi connectivity index (χ4n) is 2.29. The number of halogens is 1. The highest BCUT2D eigenvalue weighted by Gasteiger charge is 2.03. The summed E-state index contributed by atoms with van der Waals surface area (Å²) < 4.78 is 1.97. The number of aromatic nitrogens is 2. The first kappa shape index (κ1) is 18.0. The van der Waals surface area contributed by atoms with E-state index in [1.807, 2.05) is 66.2 Å². The van der Waals surface area contributed by atoms with Crippen LogP contribution in [0.3, 0.4) is 0 Å². The summed E-state index contributed by atoms with van der Waals surface area (Å²) in [5.74, 6) is 0.397. The first-order chi connectivity index (χ1) is 11.2. The number of hydrogen-bond donors (Lipinski definition) is 2. The monoisotopic (exact) mass is 433 g/mol. The summed E-state index contributed by atoms with van der Waals surface area (Å²) in [5, 5.41) is 3.10. The third-order valence-corrected chi connectivity index (χ3v) is 3.52. The van der Waals surface area contributed by atoms with Crippen molar-refractivity contribution >= 4 is 35.6 Å². The molecule has 0 saturated carbocycles. The molecule has 0 aliphatic carbocycles. The zero-order chi connectivity index (χ0) is 16.1. The molecule has 5 nitrogen and oxygen atoms in total. The molecule has 0 atom stereocenters. The molecule has 0 unspecified atom stereocenters. The second-order valence-corrected chi connectivity index (χ2v) is 5.29. The second-order valence-electron chi connectivity index (χ2n) is 5.29. The van der Waals surface area contributed by atoms with Crippen LogP contribution in [0.4, 0.5) is 5.69 Å². The molecule has 3 N–H and O–H groups in total. The van der Waals surface area contributed by atoms with E-state index in [1.165, 1.54) is 5.56 Å². The van der Waals surface area contributed by atoms with E-state index in [1.54, 1.807) is 12.5 Å². The van der Waals surface area contributed by atoms with Crippen molar-refractivity contribution in [1.82, 2.24) is 9.55 Å². The minimum atomic E-state index is 0. The number of rotatable bonds is 4. The quantitative estimate of drug-likeness (QED) is 0.375. The number of nitrogens with two attached hydrogens (primary N) is 1. The minimum absolute atomic E-state index is 0. The summed E-state index contributed by atoms with van der Waals surface area (Å²) in [6.07, 6.45) is 5.44. The Morgan fingerprint density at radius 1 is 1.17 bits per heavy atom. The number of hydrogen-bond acceptors (Lipinski definition) is 2. The van der Waals surface area contributed by atoms with E-state index in [0.717, 1.165) is 16.9 Å². The number of para-hydroxylation sites is 1. The summed E-state index contributed by atoms with van der Waals surface area (Å²) in [6.45, 7) is 2.55. The summed E-state index contributed by atoms with van der Waals surface area (Å²) in [4.78, 5) is 8.52. The molecular formula is C18H20IN5. The fraction of sp³-hybridized carbons (Fsp3) is 0.111. The fourth-order valence-corrected chi connectivity index (χ4v) is 2.29. The van der Waals surface area contributed by atoms with Crippen LogP contribution in [0.15, 0.2) is 72.2 Å². The summed E-state index contributed by atoms with van der Waals surface area (Å²) in [7, 11) is 0. The van der Waals surface area contributed by atoms with Crippen molar-refractivity contribution in [1.29, 1.82) is 0 Å². The number of nitrogens with zero attached hydrogens (tertiary/aromatic N) is 3. The molecule has 0 fully saturated rings. The van der Waals surface area contributed by atoms with Crippen LogP contribution in [0.5, 0.6) is 0 Å². The van der Waals surface area contributed by atoms with Gasteiger partial charge in [0.15, 0.2) is 5.96 Å². The summed E-state index contributed by atoms with van der Waals surface area (Å²) in [6, 6.07) is 16.1. The highest BCUT2D eigenvalue weighted by molar-refractivity contribution is 14.0. The van der Waals surface area contributed by atoms with Crippen molar-refractivity contribution in [3.8, 4) is 5.69 Å². The van der Waals surface area contributed by atoms with Crippen molar-refractivity contribution in [2.75, 3.05) is 5.32 Å². The average Bonchev–Trinajstić information content (AvgIpc) is 3.10. The Morgan fingerprint density at radius 2 is 1.92 bits per heavy atom. The van der Waals surface area contributed by atoms with Crippen molar-refractivity contribution in [2.24, 2.45) is 10.7 Å². The summed E-state index contributed by atoms with van der Waals surface area (Å²) in [5.41, 5.74) is 10.3. The lowest BCUT2D eigenvalue weighted by Gasteiger charge is -2.09. The molecule has 1 heterocycles. The normalized spacial score (nSPS) is 11.0. The molecule has 0 radical (unpaired) electrons. The number of aliphatic imine (C=N–C) groups is 1. The van der Waals surface area contributed by atoms with Gasteiger partial charge in [-0.1, -0.05) is 35.9 Å². The molecule has 0 spiro atoms. The van der Waals surface area contributed by atoms with Gasteiger partial charge in [0.2, 0.25) is 0 Å². The molecule has 0 amide bonds. The first-order valence-corrected chi connectivity index (χ1v) is 7.42. The van der Waals surface area contributed by atoms with E-state index in [4.69, 9.17) is 5.73 Å². The zero-order valence-corrected chi connectivity index (χ0v) is 15.7. The molecule has 0 aliphatic heterocycles. The van der Waals surface area contributed by atoms with Crippen LogP contribution in [0.25, 0.3) is 5.69 Å². The van der Waals surface area contributed by atoms with Gasteiger partial charge in [-0.05, 0) is 30.7 Å². The molecule has 2 aromatic carbocycles. The molecule has 0 bridgehead atoms. The SMILES string of the molecule is Cc1ccc(NC(N)=NCc2ccccc2-n2ccnc2)cc1.I. The molecule has 6 heteroatoms. The summed E-state index contributed by atoms with van der Waals surface area (Å²) >= 11 is 0. The topological polar surface area (TPSA) is 68.2 Å². The minimum Gasteiger partial charge on any atom is -0.370 e. The van der Waals surface area contributed by atoms with Gasteiger partial charge in [-0.2, -0.15) is 0 Å². The van der Waals surface area contributed by atoms with Crippen molar-refractivity contribution < 1.29 is 0 Å². The van der Waals surface area contributed by atoms with Gasteiger partial charge in [-0.15, -0.1) is 24.0 Å². The van der Waals surface area contributed by atoms with Crippen LogP contribution in [0.2, 0.25) is 0 Å². The lowest BCUT2D eigenvalue weighted by Crippen LogP contribution is -2.22. The Bertz CT molecular complexity index is 795. The lowest BCUT2D eigenvalue weighted by molar-refractivity contribution is 0.980. The molecule has 24 heavy (non-hydrogen) atoms. The molecule has 124 valence electrons. The van der Waals surface area contributed by atoms with Gasteiger partial charge in [0, 0.05) is 18.1 Å². The van der Waals surface area contributed by atoms with Gasteiger partial charge in [0.05, 0.1) is 18.6 Å². The van der Waals surface area contributed by atoms with E-state index in [2.05, 4.69) is 15.3 Å². The smallest absolute Gasteiger partial charge is 0.193 e. The van der Waals surface area contributed by atoms with Crippen molar-refractivity contribution in [3.05, 3.63) is 78.4 Å². The van der Waals surface area contributed by atoms with Gasteiger partial charge < -0.3 is 15.6 Å². The van der Waals surface area contributed by atoms with Crippen LogP contribution in [0, 0.1) is 6.92 Å². The Kier molecular flexibility index (Phi) is 6.36. The van der Waals surface area contributed by atoms with Gasteiger partial charge in [0.1, 0.15) is 0 Å². The van der Waals surface area contributed by atoms with Crippen LogP contribution < -0.4 is 11.1 Å². The number of guanidine groups is 1. The molecule has 3 rings (SSSR count). The Hall–Kier alpha value is -2.35. The Labute approximate surface area is 158 Å². The standard InChI is InChI=1S/C18H19N5.HI/c1-14-6-8-16(9-7-14)22-18(19)21-12-15-4-2-3-5-17(15)23-11-10-20-13-23;/h2-11,13H,12H2,1H3,(H3,19,21,22);1H. The molecule has 0 saturated heterocycles. The largest absolute Gasteiger partial charge is 0.370 e. The molecule has 0 aliphatic rings. The molecular weight excluding hydrogens is 413 g/mol. The van der Waals surface area contributed by atoms with Gasteiger partial charge >= 0.3 is 0 Å². The van der Waals surface area contributed by atoms with Crippen LogP contribution in [-0.4, -0.2) is 15.5 Å². The third-order valence-electron chi connectivity index (χ3n) is 3.52. The van der Waals surface area contributed by atoms with E-state index in [-0.39, 0.29) is 24.0 Å². The van der Waals surface area contributed by atoms with Crippen LogP contribution >= 0.6 is 24.0 Å². The maximum atomic E-state index is 5.98. The maximum absolute atomic E-state index is 5.98. The zero-order valence-electron chi connectivity index (χ0n) is 13.4. The van der Waals surface area contributed by atoms with E-state index >= 15 is 0 Å². The maximum Gasteiger partial charge on any atom is 0.193 e. The van der Waals surface area contributed by atoms with Crippen LogP contribution in [-0.2, 0) is 6.54 Å². The number of imidazole rings is 1. The van der Waals surface area contributed by atoms with E-state index in [9.17, 15) is 0 Å². The number of aryl methyl sites for hydroxylation is 1. The number of benzene rings is 2. The van der Waals surface area contributed by atoms with Crippen LogP contribution in [0.1, 0.15) is 11.1 Å². The van der Waals surface area contributed by atoms with Gasteiger partial charge in [-0.3, -0.25) is 0 Å². The van der Waals surface area contributed by atoms with Gasteiger partial charge in [0.25, 0.3) is 0 Å². The molecule has 1 aromatic heterocycles. The van der Waals surface area contributed by atoms with Crippen molar-refractivity contribution in [3.63, 3.8) is 0 Å². The van der Waals surface area contributed by atoms with E-state index in [0.29, 0.717) is 12.5 Å². The Morgan fingerprint density at radius 3 is 2.62 bits per heavy atom. The highest BCUT2D eigenvalue weighted by Crippen LogP contribution is 2.15. The third kappa shape index (κ3) is 4.58. The van der Waals surface area contributed by atoms with Gasteiger partial charge in [-0.25, -0.2) is 9.98 Å². The first-order valence-electron chi connectivity index (χ1n) is 7.42.